The van der Waals surface area contributed by atoms with E-state index >= 15 is 0 Å². The highest BCUT2D eigenvalue weighted by molar-refractivity contribution is 6.36. The highest BCUT2D eigenvalue weighted by Gasteiger charge is 2.13. The molecular formula is C22H13ClO. The normalized spacial score (nSPS) is 11.5. The molecule has 1 aromatic heterocycles. The molecule has 114 valence electrons. The first-order valence-electron chi connectivity index (χ1n) is 7.91. The molecule has 0 radical (unpaired) electrons. The molecule has 0 saturated carbocycles. The van der Waals surface area contributed by atoms with E-state index in [-0.39, 0.29) is 0 Å². The molecule has 0 spiro atoms. The number of hydrogen-bond donors (Lipinski definition) is 0. The second-order valence-corrected chi connectivity index (χ2v) is 6.33. The van der Waals surface area contributed by atoms with Crippen LogP contribution < -0.4 is 0 Å². The fourth-order valence-electron chi connectivity index (χ4n) is 3.45. The summed E-state index contributed by atoms with van der Waals surface area (Å²) in [4.78, 5) is 0. The Hall–Kier alpha value is -2.77. The Bertz CT molecular complexity index is 1200. The maximum absolute atomic E-state index is 6.31. The summed E-state index contributed by atoms with van der Waals surface area (Å²) in [5.74, 6) is 0. The van der Waals surface area contributed by atoms with E-state index in [1.165, 1.54) is 16.5 Å². The molecule has 0 bridgehead atoms. The lowest BCUT2D eigenvalue weighted by Crippen LogP contribution is -1.81. The van der Waals surface area contributed by atoms with E-state index in [1.807, 2.05) is 18.2 Å². The van der Waals surface area contributed by atoms with Crippen LogP contribution in [0.1, 0.15) is 0 Å². The van der Waals surface area contributed by atoms with Crippen molar-refractivity contribution in [1.29, 1.82) is 0 Å². The zero-order valence-corrected chi connectivity index (χ0v) is 13.5. The van der Waals surface area contributed by atoms with E-state index in [1.54, 1.807) is 0 Å². The second-order valence-electron chi connectivity index (χ2n) is 5.93. The number of furan rings is 1. The number of halogens is 1. The number of fused-ring (bicyclic) bond motifs is 5. The third kappa shape index (κ3) is 1.88. The number of hydrogen-bond acceptors (Lipinski definition) is 1. The van der Waals surface area contributed by atoms with Crippen molar-refractivity contribution in [2.24, 2.45) is 0 Å². The molecule has 1 nitrogen and oxygen atoms in total. The van der Waals surface area contributed by atoms with Gasteiger partial charge in [0.1, 0.15) is 5.58 Å². The first kappa shape index (κ1) is 13.6. The van der Waals surface area contributed by atoms with Crippen molar-refractivity contribution in [1.82, 2.24) is 0 Å². The van der Waals surface area contributed by atoms with Gasteiger partial charge in [-0.3, -0.25) is 0 Å². The molecule has 0 unspecified atom stereocenters. The van der Waals surface area contributed by atoms with Crippen molar-refractivity contribution in [3.05, 3.63) is 83.9 Å². The van der Waals surface area contributed by atoms with Crippen LogP contribution in [0.4, 0.5) is 0 Å². The van der Waals surface area contributed by atoms with Crippen LogP contribution in [0.15, 0.2) is 83.3 Å². The monoisotopic (exact) mass is 328 g/mol. The van der Waals surface area contributed by atoms with Crippen LogP contribution in [-0.4, -0.2) is 0 Å². The molecule has 0 aliphatic heterocycles. The summed E-state index contributed by atoms with van der Waals surface area (Å²) in [5, 5.41) is 5.11. The topological polar surface area (TPSA) is 13.1 Å². The Morgan fingerprint density at radius 2 is 1.21 bits per heavy atom. The van der Waals surface area contributed by atoms with Gasteiger partial charge in [0.05, 0.1) is 5.02 Å². The molecular weight excluding hydrogens is 316 g/mol. The molecule has 2 heteroatoms. The molecule has 0 aliphatic rings. The lowest BCUT2D eigenvalue weighted by atomic mass is 9.97. The zero-order valence-electron chi connectivity index (χ0n) is 12.8. The number of para-hydroxylation sites is 1. The molecule has 0 saturated heterocycles. The van der Waals surface area contributed by atoms with Crippen molar-refractivity contribution in [3.63, 3.8) is 0 Å². The summed E-state index contributed by atoms with van der Waals surface area (Å²) in [6.07, 6.45) is 0. The molecule has 5 aromatic rings. The van der Waals surface area contributed by atoms with Gasteiger partial charge in [-0.05, 0) is 28.6 Å². The Balaban J connectivity index is 1.93. The lowest BCUT2D eigenvalue weighted by molar-refractivity contribution is 0.673. The summed E-state index contributed by atoms with van der Waals surface area (Å²) in [5.41, 5.74) is 4.07. The van der Waals surface area contributed by atoms with Gasteiger partial charge in [-0.15, -0.1) is 0 Å². The first-order valence-corrected chi connectivity index (χ1v) is 8.28. The fraction of sp³-hybridized carbons (Fsp3) is 0. The SMILES string of the molecule is Clc1cccc2c1oc1c3cccc(-c4ccccc4)c3ccc21. The van der Waals surface area contributed by atoms with Crippen molar-refractivity contribution in [2.45, 2.75) is 0 Å². The van der Waals surface area contributed by atoms with Gasteiger partial charge >= 0.3 is 0 Å². The number of benzene rings is 4. The van der Waals surface area contributed by atoms with Gasteiger partial charge < -0.3 is 4.42 Å². The highest BCUT2D eigenvalue weighted by Crippen LogP contribution is 2.39. The van der Waals surface area contributed by atoms with Crippen LogP contribution in [0.5, 0.6) is 0 Å². The molecule has 0 aliphatic carbocycles. The van der Waals surface area contributed by atoms with Crippen LogP contribution in [0, 0.1) is 0 Å². The van der Waals surface area contributed by atoms with Crippen molar-refractivity contribution >= 4 is 44.3 Å². The summed E-state index contributed by atoms with van der Waals surface area (Å²) < 4.78 is 6.16. The Morgan fingerprint density at radius 1 is 0.542 bits per heavy atom. The minimum absolute atomic E-state index is 0.649. The molecule has 4 aromatic carbocycles. The predicted molar refractivity (Wildman–Crippen MR) is 102 cm³/mol. The lowest BCUT2D eigenvalue weighted by Gasteiger charge is -2.07. The molecule has 0 fully saturated rings. The molecule has 5 rings (SSSR count). The van der Waals surface area contributed by atoms with Crippen LogP contribution in [-0.2, 0) is 0 Å². The Labute approximate surface area is 144 Å². The van der Waals surface area contributed by atoms with E-state index in [0.29, 0.717) is 5.02 Å². The van der Waals surface area contributed by atoms with Gasteiger partial charge in [-0.25, -0.2) is 0 Å². The van der Waals surface area contributed by atoms with Gasteiger partial charge in [0.2, 0.25) is 0 Å². The predicted octanol–water partition coefficient (Wildman–Crippen LogP) is 7.06. The van der Waals surface area contributed by atoms with Crippen molar-refractivity contribution in [2.75, 3.05) is 0 Å². The summed E-state index contributed by atoms with van der Waals surface area (Å²) in [6.45, 7) is 0. The van der Waals surface area contributed by atoms with E-state index in [2.05, 4.69) is 60.7 Å². The maximum atomic E-state index is 6.31. The molecule has 1 heterocycles. The Morgan fingerprint density at radius 3 is 2.04 bits per heavy atom. The third-order valence-corrected chi connectivity index (χ3v) is 4.86. The van der Waals surface area contributed by atoms with Gasteiger partial charge in [-0.2, -0.15) is 0 Å². The van der Waals surface area contributed by atoms with Gasteiger partial charge in [0.15, 0.2) is 5.58 Å². The van der Waals surface area contributed by atoms with Gasteiger partial charge in [0.25, 0.3) is 0 Å². The van der Waals surface area contributed by atoms with E-state index in [0.717, 1.165) is 27.3 Å². The summed E-state index contributed by atoms with van der Waals surface area (Å²) in [7, 11) is 0. The van der Waals surface area contributed by atoms with E-state index in [4.69, 9.17) is 16.0 Å². The summed E-state index contributed by atoms with van der Waals surface area (Å²) in [6, 6.07) is 27.0. The zero-order chi connectivity index (χ0) is 16.1. The second kappa shape index (κ2) is 5.12. The average molecular weight is 329 g/mol. The first-order chi connectivity index (χ1) is 11.8. The molecule has 0 atom stereocenters. The molecule has 0 amide bonds. The van der Waals surface area contributed by atoms with E-state index in [9.17, 15) is 0 Å². The van der Waals surface area contributed by atoms with Crippen LogP contribution in [0.25, 0.3) is 43.8 Å². The molecule has 0 N–H and O–H groups in total. The molecule has 24 heavy (non-hydrogen) atoms. The third-order valence-electron chi connectivity index (χ3n) is 4.56. The fourth-order valence-corrected chi connectivity index (χ4v) is 3.66. The van der Waals surface area contributed by atoms with Gasteiger partial charge in [0, 0.05) is 16.2 Å². The van der Waals surface area contributed by atoms with Crippen molar-refractivity contribution in [3.8, 4) is 11.1 Å². The average Bonchev–Trinajstić information content (AvgIpc) is 3.03. The highest BCUT2D eigenvalue weighted by atomic mass is 35.5. The largest absolute Gasteiger partial charge is 0.454 e. The maximum Gasteiger partial charge on any atom is 0.154 e. The van der Waals surface area contributed by atoms with Crippen molar-refractivity contribution < 1.29 is 4.42 Å². The minimum Gasteiger partial charge on any atom is -0.454 e. The van der Waals surface area contributed by atoms with Crippen LogP contribution in [0.2, 0.25) is 5.02 Å². The van der Waals surface area contributed by atoms with Gasteiger partial charge in [-0.1, -0.05) is 78.3 Å². The number of rotatable bonds is 1. The van der Waals surface area contributed by atoms with Crippen LogP contribution in [0.3, 0.4) is 0 Å². The van der Waals surface area contributed by atoms with E-state index < -0.39 is 0 Å². The quantitative estimate of drug-likeness (QED) is 0.321. The minimum atomic E-state index is 0.649. The smallest absolute Gasteiger partial charge is 0.154 e. The Kier molecular flexibility index (Phi) is 2.91. The van der Waals surface area contributed by atoms with Crippen LogP contribution >= 0.6 is 11.6 Å². The standard InChI is InChI=1S/C22H13ClO/c23-20-11-5-10-18-19-13-12-16-15(14-6-2-1-3-7-14)8-4-9-17(16)21(19)24-22(18)20/h1-13H. The summed E-state index contributed by atoms with van der Waals surface area (Å²) >= 11 is 6.31.